The number of carboxylic acid groups (broad SMARTS) is 1. The number of thiol groups is 1. The van der Waals surface area contributed by atoms with Crippen LogP contribution in [0.2, 0.25) is 0 Å². The molecule has 0 aromatic heterocycles. The lowest BCUT2D eigenvalue weighted by Crippen LogP contribution is -2.24. The standard InChI is InChI=1S/C16H23NO4S/c1-2-3-4-5-6-10-13(22)15(19)17-11-8-7-9-12(18)14(11)16(20)21/h7-9,13,18,22H,2-6,10H2,1H3,(H,17,19)(H,20,21). The van der Waals surface area contributed by atoms with Crippen LogP contribution in [0.25, 0.3) is 0 Å². The molecule has 22 heavy (non-hydrogen) atoms. The fourth-order valence-corrected chi connectivity index (χ4v) is 2.40. The van der Waals surface area contributed by atoms with E-state index in [1.165, 1.54) is 31.0 Å². The van der Waals surface area contributed by atoms with Gasteiger partial charge in [-0.15, -0.1) is 0 Å². The van der Waals surface area contributed by atoms with Crippen LogP contribution in [0.4, 0.5) is 5.69 Å². The Labute approximate surface area is 136 Å². The maximum atomic E-state index is 12.1. The molecule has 1 atom stereocenters. The number of nitrogens with one attached hydrogen (secondary N) is 1. The minimum Gasteiger partial charge on any atom is -0.507 e. The molecule has 0 bridgehead atoms. The normalized spacial score (nSPS) is 11.9. The number of rotatable bonds is 9. The Bertz CT molecular complexity index is 519. The van der Waals surface area contributed by atoms with Gasteiger partial charge in [0.25, 0.3) is 0 Å². The molecule has 1 unspecified atom stereocenters. The molecule has 0 spiro atoms. The molecule has 0 saturated heterocycles. The highest BCUT2D eigenvalue weighted by Gasteiger charge is 2.19. The lowest BCUT2D eigenvalue weighted by molar-refractivity contribution is -0.115. The summed E-state index contributed by atoms with van der Waals surface area (Å²) < 4.78 is 0. The van der Waals surface area contributed by atoms with Crippen molar-refractivity contribution in [1.82, 2.24) is 0 Å². The molecule has 6 heteroatoms. The third-order valence-corrected chi connectivity index (χ3v) is 3.89. The van der Waals surface area contributed by atoms with E-state index in [1.54, 1.807) is 0 Å². The highest BCUT2D eigenvalue weighted by atomic mass is 32.1. The summed E-state index contributed by atoms with van der Waals surface area (Å²) in [4.78, 5) is 23.2. The summed E-state index contributed by atoms with van der Waals surface area (Å²) in [5, 5.41) is 20.7. The van der Waals surface area contributed by atoms with Crippen molar-refractivity contribution in [2.75, 3.05) is 5.32 Å². The summed E-state index contributed by atoms with van der Waals surface area (Å²) in [5.41, 5.74) is -0.220. The van der Waals surface area contributed by atoms with E-state index in [-0.39, 0.29) is 22.9 Å². The molecule has 0 fully saturated rings. The molecule has 0 aliphatic rings. The van der Waals surface area contributed by atoms with E-state index in [1.807, 2.05) is 0 Å². The summed E-state index contributed by atoms with van der Waals surface area (Å²) in [6, 6.07) is 4.20. The second-order valence-electron chi connectivity index (χ2n) is 5.21. The number of carbonyl (C=O) groups is 2. The minimum absolute atomic E-state index is 0.0857. The van der Waals surface area contributed by atoms with Crippen LogP contribution in [0.3, 0.4) is 0 Å². The van der Waals surface area contributed by atoms with Gasteiger partial charge in [-0.2, -0.15) is 12.6 Å². The molecular weight excluding hydrogens is 302 g/mol. The molecule has 5 nitrogen and oxygen atoms in total. The summed E-state index contributed by atoms with van der Waals surface area (Å²) in [6.07, 6.45) is 6.11. The van der Waals surface area contributed by atoms with Crippen LogP contribution in [-0.2, 0) is 4.79 Å². The van der Waals surface area contributed by atoms with Gasteiger partial charge in [0.2, 0.25) is 5.91 Å². The molecule has 1 aromatic carbocycles. The SMILES string of the molecule is CCCCCCCC(S)C(=O)Nc1cccc(O)c1C(=O)O. The predicted molar refractivity (Wildman–Crippen MR) is 89.8 cm³/mol. The largest absolute Gasteiger partial charge is 0.507 e. The van der Waals surface area contributed by atoms with Crippen molar-refractivity contribution >= 4 is 30.2 Å². The summed E-state index contributed by atoms with van der Waals surface area (Å²) >= 11 is 4.27. The van der Waals surface area contributed by atoms with Crippen LogP contribution >= 0.6 is 12.6 Å². The number of phenols is 1. The zero-order chi connectivity index (χ0) is 16.5. The fourth-order valence-electron chi connectivity index (χ4n) is 2.16. The quantitative estimate of drug-likeness (QED) is 0.412. The van der Waals surface area contributed by atoms with Gasteiger partial charge in [0.15, 0.2) is 0 Å². The zero-order valence-electron chi connectivity index (χ0n) is 12.7. The molecule has 122 valence electrons. The first kappa shape index (κ1) is 18.4. The average molecular weight is 325 g/mol. The number of aromatic carboxylic acids is 1. The molecule has 1 rings (SSSR count). The average Bonchev–Trinajstić information content (AvgIpc) is 2.46. The summed E-state index contributed by atoms with van der Waals surface area (Å²) in [6.45, 7) is 2.14. The van der Waals surface area contributed by atoms with Crippen molar-refractivity contribution in [3.05, 3.63) is 23.8 Å². The monoisotopic (exact) mass is 325 g/mol. The first-order chi connectivity index (χ1) is 10.5. The Morgan fingerprint density at radius 3 is 2.55 bits per heavy atom. The molecular formula is C16H23NO4S. The van der Waals surface area contributed by atoms with Gasteiger partial charge in [-0.3, -0.25) is 4.79 Å². The summed E-state index contributed by atoms with van der Waals surface area (Å²) in [7, 11) is 0. The van der Waals surface area contributed by atoms with E-state index in [9.17, 15) is 14.7 Å². The zero-order valence-corrected chi connectivity index (χ0v) is 13.6. The van der Waals surface area contributed by atoms with E-state index >= 15 is 0 Å². The predicted octanol–water partition coefficient (Wildman–Crippen LogP) is 3.69. The van der Waals surface area contributed by atoms with E-state index < -0.39 is 11.2 Å². The Morgan fingerprint density at radius 2 is 1.91 bits per heavy atom. The van der Waals surface area contributed by atoms with Gasteiger partial charge < -0.3 is 15.5 Å². The number of anilines is 1. The van der Waals surface area contributed by atoms with Gasteiger partial charge in [-0.05, 0) is 18.6 Å². The number of aromatic hydroxyl groups is 1. The van der Waals surface area contributed by atoms with Crippen LogP contribution < -0.4 is 5.32 Å². The number of hydrogen-bond donors (Lipinski definition) is 4. The van der Waals surface area contributed by atoms with E-state index in [4.69, 9.17) is 5.11 Å². The smallest absolute Gasteiger partial charge is 0.341 e. The second kappa shape index (κ2) is 9.35. The van der Waals surface area contributed by atoms with Crippen molar-refractivity contribution in [2.24, 2.45) is 0 Å². The van der Waals surface area contributed by atoms with Crippen molar-refractivity contribution in [2.45, 2.75) is 50.7 Å². The molecule has 0 saturated carbocycles. The molecule has 1 aromatic rings. The van der Waals surface area contributed by atoms with Crippen molar-refractivity contribution in [1.29, 1.82) is 0 Å². The van der Waals surface area contributed by atoms with Crippen molar-refractivity contribution in [3.63, 3.8) is 0 Å². The molecule has 0 radical (unpaired) electrons. The van der Waals surface area contributed by atoms with Crippen LogP contribution in [-0.4, -0.2) is 27.3 Å². The Hall–Kier alpha value is -1.69. The number of benzene rings is 1. The van der Waals surface area contributed by atoms with E-state index in [2.05, 4.69) is 24.9 Å². The first-order valence-electron chi connectivity index (χ1n) is 7.51. The highest BCUT2D eigenvalue weighted by Crippen LogP contribution is 2.26. The minimum atomic E-state index is -1.29. The Kier molecular flexibility index (Phi) is 7.80. The number of hydrogen-bond acceptors (Lipinski definition) is 4. The van der Waals surface area contributed by atoms with Crippen LogP contribution in [0.15, 0.2) is 18.2 Å². The third-order valence-electron chi connectivity index (χ3n) is 3.40. The topological polar surface area (TPSA) is 86.6 Å². The van der Waals surface area contributed by atoms with Gasteiger partial charge in [0.1, 0.15) is 11.3 Å². The maximum Gasteiger partial charge on any atom is 0.341 e. The van der Waals surface area contributed by atoms with Gasteiger partial charge in [-0.25, -0.2) is 4.79 Å². The van der Waals surface area contributed by atoms with Gasteiger partial charge in [0.05, 0.1) is 10.9 Å². The van der Waals surface area contributed by atoms with Crippen molar-refractivity contribution in [3.8, 4) is 5.75 Å². The number of unbranched alkanes of at least 4 members (excludes halogenated alkanes) is 4. The fraction of sp³-hybridized carbons (Fsp3) is 0.500. The van der Waals surface area contributed by atoms with Gasteiger partial charge in [0, 0.05) is 0 Å². The van der Waals surface area contributed by atoms with E-state index in [0.717, 1.165) is 19.3 Å². The Morgan fingerprint density at radius 1 is 1.23 bits per heavy atom. The van der Waals surface area contributed by atoms with Gasteiger partial charge in [-0.1, -0.05) is 45.1 Å². The molecule has 0 aliphatic carbocycles. The lowest BCUT2D eigenvalue weighted by Gasteiger charge is -2.13. The number of amides is 1. The molecule has 3 N–H and O–H groups in total. The molecule has 0 heterocycles. The highest BCUT2D eigenvalue weighted by molar-refractivity contribution is 7.81. The molecule has 1 amide bonds. The first-order valence-corrected chi connectivity index (χ1v) is 8.03. The summed E-state index contributed by atoms with van der Waals surface area (Å²) in [5.74, 6) is -2.02. The second-order valence-corrected chi connectivity index (χ2v) is 5.84. The van der Waals surface area contributed by atoms with Crippen molar-refractivity contribution < 1.29 is 19.8 Å². The third kappa shape index (κ3) is 5.60. The van der Waals surface area contributed by atoms with Crippen LogP contribution in [0.1, 0.15) is 55.8 Å². The molecule has 0 aliphatic heterocycles. The Balaban J connectivity index is 2.58. The number of carbonyl (C=O) groups excluding carboxylic acids is 1. The lowest BCUT2D eigenvalue weighted by atomic mass is 10.1. The van der Waals surface area contributed by atoms with E-state index in [0.29, 0.717) is 6.42 Å². The number of carboxylic acids is 1. The maximum absolute atomic E-state index is 12.1. The van der Waals surface area contributed by atoms with Crippen LogP contribution in [0.5, 0.6) is 5.75 Å². The van der Waals surface area contributed by atoms with Gasteiger partial charge >= 0.3 is 5.97 Å². The van der Waals surface area contributed by atoms with Crippen LogP contribution in [0, 0.1) is 0 Å².